The summed E-state index contributed by atoms with van der Waals surface area (Å²) in [5.41, 5.74) is 6.27. The smallest absolute Gasteiger partial charge is 0.330 e. The number of anilines is 3. The normalized spacial score (nSPS) is 13.7. The number of unbranched alkanes of at least 4 members (excludes halogenated alkanes) is 1. The molecule has 3 aromatic rings. The lowest BCUT2D eigenvalue weighted by Gasteiger charge is -2.29. The third-order valence-electron chi connectivity index (χ3n) is 5.85. The van der Waals surface area contributed by atoms with Gasteiger partial charge in [-0.05, 0) is 42.8 Å². The Balaban J connectivity index is 1.71. The van der Waals surface area contributed by atoms with Gasteiger partial charge in [-0.15, -0.1) is 0 Å². The predicted molar refractivity (Wildman–Crippen MR) is 129 cm³/mol. The molecule has 2 aromatic heterocycles. The van der Waals surface area contributed by atoms with Crippen molar-refractivity contribution >= 4 is 23.1 Å². The Bertz CT molecular complexity index is 1220. The molecule has 0 bridgehead atoms. The van der Waals surface area contributed by atoms with E-state index in [2.05, 4.69) is 9.88 Å². The zero-order valence-corrected chi connectivity index (χ0v) is 19.2. The van der Waals surface area contributed by atoms with Crippen molar-refractivity contribution in [3.8, 4) is 0 Å². The highest BCUT2D eigenvalue weighted by molar-refractivity contribution is 6.07. The molecule has 0 atom stereocenters. The zero-order valence-electron chi connectivity index (χ0n) is 19.2. The third-order valence-corrected chi connectivity index (χ3v) is 5.85. The number of ether oxygens (including phenoxy) is 1. The molecule has 34 heavy (non-hydrogen) atoms. The molecule has 3 heterocycles. The number of H-pyrrole nitrogens is 1. The highest BCUT2D eigenvalue weighted by atomic mass is 16.5. The molecule has 4 rings (SSSR count). The number of nitrogens with one attached hydrogen (secondary N) is 1. The minimum absolute atomic E-state index is 0.0175. The molecule has 0 saturated carbocycles. The fourth-order valence-corrected chi connectivity index (χ4v) is 3.98. The van der Waals surface area contributed by atoms with E-state index < -0.39 is 17.2 Å². The maximum Gasteiger partial charge on any atom is 0.330 e. The first kappa shape index (κ1) is 23.4. The quantitative estimate of drug-likeness (QED) is 0.520. The Morgan fingerprint density at radius 2 is 1.88 bits per heavy atom. The fraction of sp³-hybridized carbons (Fsp3) is 0.375. The van der Waals surface area contributed by atoms with Crippen molar-refractivity contribution < 1.29 is 13.9 Å². The van der Waals surface area contributed by atoms with Crippen LogP contribution in [0.1, 0.15) is 35.9 Å². The summed E-state index contributed by atoms with van der Waals surface area (Å²) in [5.74, 6) is -0.00161. The van der Waals surface area contributed by atoms with Crippen LogP contribution in [-0.2, 0) is 17.8 Å². The van der Waals surface area contributed by atoms with Gasteiger partial charge in [-0.3, -0.25) is 24.0 Å². The van der Waals surface area contributed by atoms with Crippen molar-refractivity contribution in [3.63, 3.8) is 0 Å². The monoisotopic (exact) mass is 467 g/mol. The summed E-state index contributed by atoms with van der Waals surface area (Å²) < 4.78 is 12.1. The Kier molecular flexibility index (Phi) is 7.17. The number of rotatable bonds is 8. The van der Waals surface area contributed by atoms with Crippen LogP contribution < -0.4 is 26.8 Å². The highest BCUT2D eigenvalue weighted by Gasteiger charge is 2.26. The third kappa shape index (κ3) is 4.91. The first-order chi connectivity index (χ1) is 16.5. The Hall–Kier alpha value is -3.79. The van der Waals surface area contributed by atoms with Gasteiger partial charge in [0.1, 0.15) is 11.6 Å². The first-order valence-corrected chi connectivity index (χ1v) is 11.4. The lowest BCUT2D eigenvalue weighted by molar-refractivity contribution is 0.0982. The molecule has 3 N–H and O–H groups in total. The average Bonchev–Trinajstić information content (AvgIpc) is 3.37. The van der Waals surface area contributed by atoms with E-state index in [0.29, 0.717) is 37.5 Å². The van der Waals surface area contributed by atoms with E-state index in [0.717, 1.165) is 25.2 Å². The van der Waals surface area contributed by atoms with Crippen LogP contribution in [0.4, 0.5) is 17.2 Å². The number of benzene rings is 1. The molecule has 1 aliphatic heterocycles. The Morgan fingerprint density at radius 1 is 1.15 bits per heavy atom. The van der Waals surface area contributed by atoms with E-state index in [1.165, 1.54) is 15.7 Å². The number of carbonyl (C=O) groups excluding carboxylic acids is 1. The van der Waals surface area contributed by atoms with Crippen molar-refractivity contribution in [2.24, 2.45) is 0 Å². The number of hydrogen-bond acceptors (Lipinski definition) is 7. The van der Waals surface area contributed by atoms with Crippen molar-refractivity contribution in [1.82, 2.24) is 9.55 Å². The van der Waals surface area contributed by atoms with Crippen LogP contribution >= 0.6 is 0 Å². The van der Waals surface area contributed by atoms with E-state index in [4.69, 9.17) is 14.9 Å². The molecule has 1 fully saturated rings. The standard InChI is InChI=1S/C24H29N5O5/c1-2-3-10-28-21(25)20(22(30)26-24(28)32)29(16-19-5-4-13-34-19)23(31)17-6-8-18(9-7-17)27-11-14-33-15-12-27/h4-9,13H,2-3,10-12,14-16,25H2,1H3,(H,26,30,32). The summed E-state index contributed by atoms with van der Waals surface area (Å²) in [7, 11) is 0. The van der Waals surface area contributed by atoms with Crippen LogP contribution in [0.25, 0.3) is 0 Å². The van der Waals surface area contributed by atoms with Gasteiger partial charge in [0, 0.05) is 30.9 Å². The fourth-order valence-electron chi connectivity index (χ4n) is 3.98. The summed E-state index contributed by atoms with van der Waals surface area (Å²) in [6.45, 7) is 5.19. The molecule has 0 radical (unpaired) electrons. The van der Waals surface area contributed by atoms with Crippen LogP contribution in [0.3, 0.4) is 0 Å². The summed E-state index contributed by atoms with van der Waals surface area (Å²) in [6, 6.07) is 10.6. The van der Waals surface area contributed by atoms with Crippen LogP contribution in [0, 0.1) is 0 Å². The molecule has 10 nitrogen and oxygen atoms in total. The second-order valence-electron chi connectivity index (χ2n) is 8.12. The number of aromatic nitrogens is 2. The van der Waals surface area contributed by atoms with E-state index in [-0.39, 0.29) is 18.1 Å². The van der Waals surface area contributed by atoms with Gasteiger partial charge in [0.15, 0.2) is 5.69 Å². The number of nitrogens with zero attached hydrogens (tertiary/aromatic N) is 3. The van der Waals surface area contributed by atoms with Crippen LogP contribution in [0.5, 0.6) is 0 Å². The molecule has 0 unspecified atom stereocenters. The Morgan fingerprint density at radius 3 is 2.53 bits per heavy atom. The minimum atomic E-state index is -0.722. The first-order valence-electron chi connectivity index (χ1n) is 11.4. The number of morpholine rings is 1. The molecular formula is C24H29N5O5. The predicted octanol–water partition coefficient (Wildman–Crippen LogP) is 2.20. The molecule has 10 heteroatoms. The van der Waals surface area contributed by atoms with Crippen molar-refractivity contribution in [2.45, 2.75) is 32.9 Å². The molecule has 1 aromatic carbocycles. The van der Waals surface area contributed by atoms with Crippen molar-refractivity contribution in [3.05, 3.63) is 74.8 Å². The molecule has 0 aliphatic carbocycles. The SMILES string of the molecule is CCCCn1c(N)c(N(Cc2ccco2)C(=O)c2ccc(N3CCOCC3)cc2)c(=O)[nH]c1=O. The topological polar surface area (TPSA) is 127 Å². The van der Waals surface area contributed by atoms with Gasteiger partial charge >= 0.3 is 5.69 Å². The van der Waals surface area contributed by atoms with Gasteiger partial charge in [-0.1, -0.05) is 13.3 Å². The molecule has 180 valence electrons. The van der Waals surface area contributed by atoms with Gasteiger partial charge < -0.3 is 19.8 Å². The summed E-state index contributed by atoms with van der Waals surface area (Å²) >= 11 is 0. The summed E-state index contributed by atoms with van der Waals surface area (Å²) in [4.78, 5) is 44.6. The number of nitrogen functional groups attached to an aromatic ring is 1. The lowest BCUT2D eigenvalue weighted by Crippen LogP contribution is -2.41. The van der Waals surface area contributed by atoms with Crippen molar-refractivity contribution in [2.75, 3.05) is 41.8 Å². The number of hydrogen-bond donors (Lipinski definition) is 2. The van der Waals surface area contributed by atoms with Gasteiger partial charge in [-0.2, -0.15) is 0 Å². The second-order valence-corrected chi connectivity index (χ2v) is 8.12. The van der Waals surface area contributed by atoms with E-state index >= 15 is 0 Å². The van der Waals surface area contributed by atoms with E-state index in [9.17, 15) is 14.4 Å². The maximum atomic E-state index is 13.6. The Labute approximate surface area is 196 Å². The number of carbonyl (C=O) groups is 1. The molecule has 0 spiro atoms. The van der Waals surface area contributed by atoms with Crippen LogP contribution in [0.2, 0.25) is 0 Å². The minimum Gasteiger partial charge on any atom is -0.467 e. The van der Waals surface area contributed by atoms with E-state index in [1.807, 2.05) is 19.1 Å². The molecule has 1 amide bonds. The van der Waals surface area contributed by atoms with Crippen LogP contribution in [0.15, 0.2) is 56.7 Å². The molecule has 1 aliphatic rings. The van der Waals surface area contributed by atoms with Crippen molar-refractivity contribution in [1.29, 1.82) is 0 Å². The number of aromatic amines is 1. The van der Waals surface area contributed by atoms with Gasteiger partial charge in [-0.25, -0.2) is 4.79 Å². The maximum absolute atomic E-state index is 13.6. The number of furan rings is 1. The van der Waals surface area contributed by atoms with Gasteiger partial charge in [0.05, 0.1) is 26.0 Å². The van der Waals surface area contributed by atoms with Gasteiger partial charge in [0.25, 0.3) is 11.5 Å². The average molecular weight is 468 g/mol. The van der Waals surface area contributed by atoms with Gasteiger partial charge in [0.2, 0.25) is 0 Å². The van der Waals surface area contributed by atoms with E-state index in [1.54, 1.807) is 24.3 Å². The number of nitrogens with two attached hydrogens (primary N) is 1. The number of amides is 1. The zero-order chi connectivity index (χ0) is 24.1. The van der Waals surface area contributed by atoms with Crippen LogP contribution in [-0.4, -0.2) is 41.8 Å². The lowest BCUT2D eigenvalue weighted by atomic mass is 10.1. The summed E-state index contributed by atoms with van der Waals surface area (Å²) in [5, 5.41) is 0. The molecular weight excluding hydrogens is 438 g/mol. The second kappa shape index (κ2) is 10.4. The summed E-state index contributed by atoms with van der Waals surface area (Å²) in [6.07, 6.45) is 3.03. The highest BCUT2D eigenvalue weighted by Crippen LogP contribution is 2.24. The largest absolute Gasteiger partial charge is 0.467 e. The molecule has 1 saturated heterocycles.